The Morgan fingerprint density at radius 1 is 1.24 bits per heavy atom. The first kappa shape index (κ1) is 19.7. The summed E-state index contributed by atoms with van der Waals surface area (Å²) in [6, 6.07) is 9.95. The predicted molar refractivity (Wildman–Crippen MR) is 116 cm³/mol. The zero-order valence-corrected chi connectivity index (χ0v) is 17.4. The van der Waals surface area contributed by atoms with Gasteiger partial charge < -0.3 is 15.4 Å². The molecular weight excluding hydrogens is 408 g/mol. The topological polar surface area (TPSA) is 93.2 Å². The van der Waals surface area contributed by atoms with Crippen LogP contribution in [0.3, 0.4) is 0 Å². The number of amides is 1. The van der Waals surface area contributed by atoms with E-state index in [1.165, 1.54) is 23.1 Å². The van der Waals surface area contributed by atoms with E-state index in [1.807, 2.05) is 24.3 Å². The fourth-order valence-corrected chi connectivity index (χ4v) is 4.16. The van der Waals surface area contributed by atoms with Gasteiger partial charge in [-0.15, -0.1) is 11.3 Å². The number of para-hydroxylation sites is 1. The number of fused-ring (bicyclic) bond motifs is 1. The maximum Gasteiger partial charge on any atom is 0.341 e. The van der Waals surface area contributed by atoms with Gasteiger partial charge in [0.1, 0.15) is 10.8 Å². The number of carbonyl (C=O) groups is 2. The van der Waals surface area contributed by atoms with Gasteiger partial charge in [0.25, 0.3) is 0 Å². The van der Waals surface area contributed by atoms with Crippen molar-refractivity contribution < 1.29 is 14.3 Å². The molecule has 2 aromatic heterocycles. The summed E-state index contributed by atoms with van der Waals surface area (Å²) in [5.74, 6) is 0.284. The molecule has 1 saturated carbocycles. The highest BCUT2D eigenvalue weighted by molar-refractivity contribution is 7.99. The SMILES string of the molecule is CCOC(=O)c1ccsc1NC(=O)CSc1nc(NC2CC2)c2ccccc2n1. The van der Waals surface area contributed by atoms with E-state index >= 15 is 0 Å². The van der Waals surface area contributed by atoms with Gasteiger partial charge in [-0.1, -0.05) is 23.9 Å². The zero-order valence-electron chi connectivity index (χ0n) is 15.8. The number of anilines is 2. The Kier molecular flexibility index (Phi) is 5.96. The van der Waals surface area contributed by atoms with Crippen LogP contribution in [0.5, 0.6) is 0 Å². The third kappa shape index (κ3) is 4.86. The third-order valence-electron chi connectivity index (χ3n) is 4.25. The van der Waals surface area contributed by atoms with Crippen molar-refractivity contribution in [3.63, 3.8) is 0 Å². The monoisotopic (exact) mass is 428 g/mol. The second-order valence-electron chi connectivity index (χ2n) is 6.51. The lowest BCUT2D eigenvalue weighted by Crippen LogP contribution is -2.16. The van der Waals surface area contributed by atoms with E-state index < -0.39 is 5.97 Å². The number of carbonyl (C=O) groups excluding carboxylic acids is 2. The number of nitrogens with one attached hydrogen (secondary N) is 2. The van der Waals surface area contributed by atoms with Crippen molar-refractivity contribution in [1.82, 2.24) is 9.97 Å². The first-order chi connectivity index (χ1) is 14.1. The van der Waals surface area contributed by atoms with Crippen LogP contribution in [0.2, 0.25) is 0 Å². The van der Waals surface area contributed by atoms with Crippen molar-refractivity contribution >= 4 is 56.7 Å². The summed E-state index contributed by atoms with van der Waals surface area (Å²) in [7, 11) is 0. The molecule has 2 heterocycles. The van der Waals surface area contributed by atoms with E-state index in [0.717, 1.165) is 29.6 Å². The van der Waals surface area contributed by atoms with Gasteiger partial charge >= 0.3 is 5.97 Å². The molecule has 3 aromatic rings. The van der Waals surface area contributed by atoms with Gasteiger partial charge in [0.15, 0.2) is 5.16 Å². The number of aromatic nitrogens is 2. The fraction of sp³-hybridized carbons (Fsp3) is 0.300. The van der Waals surface area contributed by atoms with Gasteiger partial charge in [0.05, 0.1) is 23.4 Å². The molecule has 150 valence electrons. The van der Waals surface area contributed by atoms with Gasteiger partial charge in [-0.3, -0.25) is 4.79 Å². The summed E-state index contributed by atoms with van der Waals surface area (Å²) in [6.07, 6.45) is 2.29. The molecule has 0 saturated heterocycles. The number of thioether (sulfide) groups is 1. The van der Waals surface area contributed by atoms with Crippen LogP contribution >= 0.6 is 23.1 Å². The molecule has 29 heavy (non-hydrogen) atoms. The van der Waals surface area contributed by atoms with Crippen molar-refractivity contribution in [2.45, 2.75) is 31.0 Å². The normalized spacial score (nSPS) is 13.3. The average molecular weight is 429 g/mol. The molecule has 1 fully saturated rings. The van der Waals surface area contributed by atoms with Gasteiger partial charge in [0, 0.05) is 11.4 Å². The molecule has 0 atom stereocenters. The molecule has 0 radical (unpaired) electrons. The highest BCUT2D eigenvalue weighted by Gasteiger charge is 2.23. The van der Waals surface area contributed by atoms with Crippen LogP contribution in [-0.2, 0) is 9.53 Å². The number of esters is 1. The van der Waals surface area contributed by atoms with Gasteiger partial charge in [-0.25, -0.2) is 14.8 Å². The Morgan fingerprint density at radius 3 is 2.86 bits per heavy atom. The van der Waals surface area contributed by atoms with Crippen LogP contribution in [0.4, 0.5) is 10.8 Å². The molecule has 1 aromatic carbocycles. The summed E-state index contributed by atoms with van der Waals surface area (Å²) in [5, 5.41) is 9.98. The van der Waals surface area contributed by atoms with Crippen molar-refractivity contribution in [3.05, 3.63) is 41.3 Å². The lowest BCUT2D eigenvalue weighted by molar-refractivity contribution is -0.113. The minimum absolute atomic E-state index is 0.140. The Hall–Kier alpha value is -2.65. The Bertz CT molecular complexity index is 1050. The van der Waals surface area contributed by atoms with Crippen LogP contribution in [0.15, 0.2) is 40.9 Å². The minimum atomic E-state index is -0.439. The smallest absolute Gasteiger partial charge is 0.341 e. The number of rotatable bonds is 8. The van der Waals surface area contributed by atoms with Crippen molar-refractivity contribution in [1.29, 1.82) is 0 Å². The van der Waals surface area contributed by atoms with Crippen LogP contribution in [0.25, 0.3) is 10.9 Å². The molecule has 0 unspecified atom stereocenters. The second-order valence-corrected chi connectivity index (χ2v) is 8.37. The Morgan fingerprint density at radius 2 is 2.07 bits per heavy atom. The van der Waals surface area contributed by atoms with Gasteiger partial charge in [-0.05, 0) is 43.3 Å². The average Bonchev–Trinajstić information content (AvgIpc) is 3.41. The predicted octanol–water partition coefficient (Wildman–Crippen LogP) is 4.17. The largest absolute Gasteiger partial charge is 0.462 e. The molecule has 0 spiro atoms. The standard InChI is InChI=1S/C20H20N4O3S2/c1-2-27-19(26)14-9-10-28-18(14)23-16(25)11-29-20-22-15-6-4-3-5-13(15)17(24-20)21-12-7-8-12/h3-6,9-10,12H,2,7-8,11H2,1H3,(H,23,25)(H,21,22,24). The van der Waals surface area contributed by atoms with Gasteiger partial charge in [0.2, 0.25) is 5.91 Å². The first-order valence-electron chi connectivity index (χ1n) is 9.34. The van der Waals surface area contributed by atoms with E-state index in [2.05, 4.69) is 20.6 Å². The summed E-state index contributed by atoms with van der Waals surface area (Å²) < 4.78 is 5.01. The van der Waals surface area contributed by atoms with E-state index in [9.17, 15) is 9.59 Å². The lowest BCUT2D eigenvalue weighted by atomic mass is 10.2. The third-order valence-corrected chi connectivity index (χ3v) is 5.92. The van der Waals surface area contributed by atoms with E-state index in [1.54, 1.807) is 18.4 Å². The van der Waals surface area contributed by atoms with Crippen LogP contribution in [0, 0.1) is 0 Å². The summed E-state index contributed by atoms with van der Waals surface area (Å²) in [4.78, 5) is 33.5. The summed E-state index contributed by atoms with van der Waals surface area (Å²) in [5.41, 5.74) is 1.21. The molecule has 2 N–H and O–H groups in total. The molecule has 7 nitrogen and oxygen atoms in total. The lowest BCUT2D eigenvalue weighted by Gasteiger charge is -2.10. The van der Waals surface area contributed by atoms with Gasteiger partial charge in [-0.2, -0.15) is 0 Å². The fourth-order valence-electron chi connectivity index (χ4n) is 2.72. The van der Waals surface area contributed by atoms with Crippen LogP contribution in [0.1, 0.15) is 30.1 Å². The number of nitrogens with zero attached hydrogens (tertiary/aromatic N) is 2. The number of hydrogen-bond acceptors (Lipinski definition) is 8. The Balaban J connectivity index is 1.44. The van der Waals surface area contributed by atoms with Crippen molar-refractivity contribution in [2.24, 2.45) is 0 Å². The maximum atomic E-state index is 12.4. The highest BCUT2D eigenvalue weighted by Crippen LogP contribution is 2.30. The second kappa shape index (κ2) is 8.79. The van der Waals surface area contributed by atoms with Crippen molar-refractivity contribution in [3.8, 4) is 0 Å². The van der Waals surface area contributed by atoms with E-state index in [0.29, 0.717) is 21.8 Å². The molecule has 1 amide bonds. The minimum Gasteiger partial charge on any atom is -0.462 e. The number of hydrogen-bond donors (Lipinski definition) is 2. The number of thiophene rings is 1. The molecule has 0 bridgehead atoms. The zero-order chi connectivity index (χ0) is 20.2. The van der Waals surface area contributed by atoms with Crippen LogP contribution in [-0.4, -0.2) is 40.2 Å². The first-order valence-corrected chi connectivity index (χ1v) is 11.2. The number of ether oxygens (including phenoxy) is 1. The van der Waals surface area contributed by atoms with E-state index in [-0.39, 0.29) is 18.3 Å². The highest BCUT2D eigenvalue weighted by atomic mass is 32.2. The number of benzene rings is 1. The summed E-state index contributed by atoms with van der Waals surface area (Å²) >= 11 is 2.55. The maximum absolute atomic E-state index is 12.4. The quantitative estimate of drug-likeness (QED) is 0.316. The molecule has 1 aliphatic carbocycles. The molecule has 4 rings (SSSR count). The summed E-state index contributed by atoms with van der Waals surface area (Å²) in [6.45, 7) is 2.03. The molecule has 1 aliphatic rings. The van der Waals surface area contributed by atoms with E-state index in [4.69, 9.17) is 4.74 Å². The van der Waals surface area contributed by atoms with Crippen LogP contribution < -0.4 is 10.6 Å². The van der Waals surface area contributed by atoms with Crippen molar-refractivity contribution in [2.75, 3.05) is 23.0 Å². The molecular formula is C20H20N4O3S2. The Labute approximate surface area is 176 Å². The molecule has 9 heteroatoms. The molecule has 0 aliphatic heterocycles.